The number of carbonyl (C=O) groups excluding carboxylic acids is 1. The second kappa shape index (κ2) is 5.32. The summed E-state index contributed by atoms with van der Waals surface area (Å²) in [6, 6.07) is 13.2. The highest BCUT2D eigenvalue weighted by molar-refractivity contribution is 6.30. The Morgan fingerprint density at radius 3 is 2.28 bits per heavy atom. The first-order valence-corrected chi connectivity index (χ1v) is 5.97. The summed E-state index contributed by atoms with van der Waals surface area (Å²) in [5.41, 5.74) is 1.42. The summed E-state index contributed by atoms with van der Waals surface area (Å²) in [5, 5.41) is 0.565. The van der Waals surface area contributed by atoms with Crippen molar-refractivity contribution in [2.45, 2.75) is 12.8 Å². The molecule has 0 spiro atoms. The van der Waals surface area contributed by atoms with Crippen LogP contribution in [0.1, 0.15) is 24.0 Å². The van der Waals surface area contributed by atoms with E-state index in [-0.39, 0.29) is 11.6 Å². The average molecular weight is 263 g/mol. The van der Waals surface area contributed by atoms with E-state index in [0.717, 1.165) is 5.56 Å². The van der Waals surface area contributed by atoms with E-state index in [9.17, 15) is 9.18 Å². The molecule has 0 aliphatic rings. The highest BCUT2D eigenvalue weighted by atomic mass is 35.5. The third-order valence-corrected chi connectivity index (χ3v) is 3.01. The van der Waals surface area contributed by atoms with Gasteiger partial charge in [0, 0.05) is 5.02 Å². The second-order valence-corrected chi connectivity index (χ2v) is 4.59. The molecule has 0 bridgehead atoms. The third kappa shape index (κ3) is 2.77. The minimum Gasteiger partial charge on any atom is -0.299 e. The van der Waals surface area contributed by atoms with E-state index < -0.39 is 5.92 Å². The highest BCUT2D eigenvalue weighted by Gasteiger charge is 2.19. The van der Waals surface area contributed by atoms with E-state index in [2.05, 4.69) is 0 Å². The number of hydrogen-bond acceptors (Lipinski definition) is 1. The van der Waals surface area contributed by atoms with Gasteiger partial charge in [-0.1, -0.05) is 35.9 Å². The van der Waals surface area contributed by atoms with E-state index in [1.165, 1.54) is 19.1 Å². The minimum absolute atomic E-state index is 0.0390. The van der Waals surface area contributed by atoms with Gasteiger partial charge in [0.15, 0.2) is 0 Å². The lowest BCUT2D eigenvalue weighted by Crippen LogP contribution is -2.10. The molecule has 1 nitrogen and oxygen atoms in total. The van der Waals surface area contributed by atoms with Gasteiger partial charge in [-0.3, -0.25) is 4.79 Å². The number of benzene rings is 2. The van der Waals surface area contributed by atoms with Crippen LogP contribution >= 0.6 is 11.6 Å². The van der Waals surface area contributed by atoms with Crippen LogP contribution in [0.25, 0.3) is 0 Å². The molecule has 0 heterocycles. The molecule has 0 saturated heterocycles. The summed E-state index contributed by atoms with van der Waals surface area (Å²) < 4.78 is 13.2. The van der Waals surface area contributed by atoms with Crippen molar-refractivity contribution in [1.29, 1.82) is 0 Å². The van der Waals surface area contributed by atoms with Crippen LogP contribution in [-0.4, -0.2) is 5.78 Å². The summed E-state index contributed by atoms with van der Waals surface area (Å²) in [7, 11) is 0. The van der Waals surface area contributed by atoms with Crippen molar-refractivity contribution in [3.63, 3.8) is 0 Å². The molecule has 2 aromatic rings. The van der Waals surface area contributed by atoms with Gasteiger partial charge in [-0.05, 0) is 42.3 Å². The molecule has 0 N–H and O–H groups in total. The highest BCUT2D eigenvalue weighted by Crippen LogP contribution is 2.27. The van der Waals surface area contributed by atoms with Gasteiger partial charge in [0.25, 0.3) is 0 Å². The molecular formula is C15H12ClFO. The van der Waals surface area contributed by atoms with Crippen LogP contribution in [0.5, 0.6) is 0 Å². The Bertz CT molecular complexity index is 535. The minimum atomic E-state index is -0.473. The predicted octanol–water partition coefficient (Wildman–Crippen LogP) is 4.20. The molecule has 1 atom stereocenters. The SMILES string of the molecule is CC(=O)C(c1cccc(F)c1)c1cccc(Cl)c1. The van der Waals surface area contributed by atoms with Gasteiger partial charge in [-0.2, -0.15) is 0 Å². The molecule has 2 rings (SSSR count). The lowest BCUT2D eigenvalue weighted by molar-refractivity contribution is -0.117. The van der Waals surface area contributed by atoms with Crippen molar-refractivity contribution < 1.29 is 9.18 Å². The maximum atomic E-state index is 13.2. The Morgan fingerprint density at radius 2 is 1.72 bits per heavy atom. The van der Waals surface area contributed by atoms with Gasteiger partial charge in [0.1, 0.15) is 11.6 Å². The first-order chi connectivity index (χ1) is 8.58. The molecule has 0 saturated carbocycles. The summed E-state index contributed by atoms with van der Waals surface area (Å²) in [5.74, 6) is -0.858. The van der Waals surface area contributed by atoms with Crippen molar-refractivity contribution in [3.8, 4) is 0 Å². The fourth-order valence-corrected chi connectivity index (χ4v) is 2.23. The monoisotopic (exact) mass is 262 g/mol. The van der Waals surface area contributed by atoms with E-state index in [1.54, 1.807) is 30.3 Å². The van der Waals surface area contributed by atoms with E-state index in [1.807, 2.05) is 6.07 Å². The smallest absolute Gasteiger partial charge is 0.141 e. The molecule has 2 aromatic carbocycles. The van der Waals surface area contributed by atoms with Crippen LogP contribution in [0.3, 0.4) is 0 Å². The Balaban J connectivity index is 2.50. The lowest BCUT2D eigenvalue weighted by atomic mass is 9.88. The second-order valence-electron chi connectivity index (χ2n) is 4.15. The predicted molar refractivity (Wildman–Crippen MR) is 70.4 cm³/mol. The zero-order chi connectivity index (χ0) is 13.1. The summed E-state index contributed by atoms with van der Waals surface area (Å²) in [4.78, 5) is 11.8. The average Bonchev–Trinajstić information content (AvgIpc) is 2.28. The maximum Gasteiger partial charge on any atom is 0.141 e. The van der Waals surface area contributed by atoms with Gasteiger partial charge in [-0.15, -0.1) is 0 Å². The number of carbonyl (C=O) groups is 1. The van der Waals surface area contributed by atoms with Crippen LogP contribution in [-0.2, 0) is 4.79 Å². The zero-order valence-electron chi connectivity index (χ0n) is 9.86. The number of halogens is 2. The Kier molecular flexibility index (Phi) is 3.78. The summed E-state index contributed by atoms with van der Waals surface area (Å²) >= 11 is 5.93. The Hall–Kier alpha value is -1.67. The summed E-state index contributed by atoms with van der Waals surface area (Å²) in [6.07, 6.45) is 0. The third-order valence-electron chi connectivity index (χ3n) is 2.77. The largest absolute Gasteiger partial charge is 0.299 e. The molecular weight excluding hydrogens is 251 g/mol. The van der Waals surface area contributed by atoms with E-state index in [4.69, 9.17) is 11.6 Å². The van der Waals surface area contributed by atoms with E-state index in [0.29, 0.717) is 10.6 Å². The van der Waals surface area contributed by atoms with Crippen LogP contribution in [0.4, 0.5) is 4.39 Å². The van der Waals surface area contributed by atoms with Crippen molar-refractivity contribution in [3.05, 3.63) is 70.5 Å². The van der Waals surface area contributed by atoms with Crippen LogP contribution < -0.4 is 0 Å². The fourth-order valence-electron chi connectivity index (χ4n) is 2.03. The molecule has 0 fully saturated rings. The number of ketones is 1. The number of rotatable bonds is 3. The van der Waals surface area contributed by atoms with Crippen LogP contribution in [0, 0.1) is 5.82 Å². The molecule has 0 radical (unpaired) electrons. The van der Waals surface area contributed by atoms with E-state index >= 15 is 0 Å². The molecule has 92 valence electrons. The van der Waals surface area contributed by atoms with Crippen LogP contribution in [0.15, 0.2) is 48.5 Å². The van der Waals surface area contributed by atoms with Crippen molar-refractivity contribution >= 4 is 17.4 Å². The van der Waals surface area contributed by atoms with Crippen molar-refractivity contribution in [1.82, 2.24) is 0 Å². The maximum absolute atomic E-state index is 13.2. The number of hydrogen-bond donors (Lipinski definition) is 0. The normalized spacial score (nSPS) is 12.2. The molecule has 0 aromatic heterocycles. The zero-order valence-corrected chi connectivity index (χ0v) is 10.6. The molecule has 3 heteroatoms. The first kappa shape index (κ1) is 12.8. The first-order valence-electron chi connectivity index (χ1n) is 5.59. The number of Topliss-reactive ketones (excluding diaryl/α,β-unsaturated/α-hetero) is 1. The fraction of sp³-hybridized carbons (Fsp3) is 0.133. The van der Waals surface area contributed by atoms with Gasteiger partial charge in [0.2, 0.25) is 0 Å². The van der Waals surface area contributed by atoms with Gasteiger partial charge in [-0.25, -0.2) is 4.39 Å². The quantitative estimate of drug-likeness (QED) is 0.810. The van der Waals surface area contributed by atoms with Crippen molar-refractivity contribution in [2.75, 3.05) is 0 Å². The van der Waals surface area contributed by atoms with Crippen molar-refractivity contribution in [2.24, 2.45) is 0 Å². The molecule has 0 aliphatic carbocycles. The van der Waals surface area contributed by atoms with Gasteiger partial charge >= 0.3 is 0 Å². The van der Waals surface area contributed by atoms with Crippen LogP contribution in [0.2, 0.25) is 5.02 Å². The summed E-state index contributed by atoms with van der Waals surface area (Å²) in [6.45, 7) is 1.50. The Labute approximate surface area is 110 Å². The Morgan fingerprint density at radius 1 is 1.11 bits per heavy atom. The standard InChI is InChI=1S/C15H12ClFO/c1-10(18)15(11-4-2-6-13(16)8-11)12-5-3-7-14(17)9-12/h2-9,15H,1H3. The lowest BCUT2D eigenvalue weighted by Gasteiger charge is -2.15. The topological polar surface area (TPSA) is 17.1 Å². The molecule has 1 unspecified atom stereocenters. The molecule has 0 amide bonds. The molecule has 0 aliphatic heterocycles. The van der Waals surface area contributed by atoms with Gasteiger partial charge in [0.05, 0.1) is 5.92 Å². The van der Waals surface area contributed by atoms with Gasteiger partial charge < -0.3 is 0 Å². The molecule has 18 heavy (non-hydrogen) atoms.